The van der Waals surface area contributed by atoms with E-state index < -0.39 is 25.2 Å². The largest absolute Gasteiger partial charge is 0.392 e. The van der Waals surface area contributed by atoms with Crippen LogP contribution in [0.2, 0.25) is 0 Å². The van der Waals surface area contributed by atoms with Crippen molar-refractivity contribution in [2.75, 3.05) is 26.2 Å². The molecule has 0 spiro atoms. The maximum Gasteiger partial charge on any atom is 0.283 e. The molecule has 0 aromatic carbocycles. The van der Waals surface area contributed by atoms with E-state index in [1.165, 1.54) is 4.90 Å². The van der Waals surface area contributed by atoms with Crippen LogP contribution in [0.3, 0.4) is 0 Å². The molecule has 0 aromatic heterocycles. The van der Waals surface area contributed by atoms with E-state index in [-0.39, 0.29) is 6.54 Å². The first kappa shape index (κ1) is 9.83. The molecule has 5 heteroatoms. The fraction of sp³-hybridized carbons (Fsp3) is 1.00. The van der Waals surface area contributed by atoms with Crippen molar-refractivity contribution in [3.8, 4) is 0 Å². The maximum atomic E-state index is 12.6. The number of halogens is 2. The first-order valence-electron chi connectivity index (χ1n) is 3.92. The summed E-state index contributed by atoms with van der Waals surface area (Å²) < 4.78 is 25.1. The van der Waals surface area contributed by atoms with E-state index in [1.807, 2.05) is 0 Å². The predicted octanol–water partition coefficient (Wildman–Crippen LogP) is -0.319. The van der Waals surface area contributed by atoms with Crippen molar-refractivity contribution in [2.24, 2.45) is 0 Å². The molecule has 0 radical (unpaired) electrons. The highest BCUT2D eigenvalue weighted by Gasteiger charge is 2.33. The minimum Gasteiger partial charge on any atom is -0.392 e. The minimum atomic E-state index is -3.04. The number of rotatable bonds is 3. The van der Waals surface area contributed by atoms with Crippen molar-refractivity contribution in [3.05, 3.63) is 0 Å². The fourth-order valence-corrected chi connectivity index (χ4v) is 1.33. The van der Waals surface area contributed by atoms with E-state index in [2.05, 4.69) is 0 Å². The molecule has 1 aliphatic heterocycles. The van der Waals surface area contributed by atoms with Gasteiger partial charge in [0, 0.05) is 13.1 Å². The molecule has 0 aliphatic carbocycles. The summed E-state index contributed by atoms with van der Waals surface area (Å²) in [6, 6.07) is 0. The van der Waals surface area contributed by atoms with Gasteiger partial charge in [0.1, 0.15) is 6.61 Å². The highest BCUT2D eigenvalue weighted by atomic mass is 19.3. The Labute approximate surface area is 69.6 Å². The van der Waals surface area contributed by atoms with Gasteiger partial charge in [0.15, 0.2) is 0 Å². The molecule has 72 valence electrons. The van der Waals surface area contributed by atoms with Crippen molar-refractivity contribution in [2.45, 2.75) is 18.4 Å². The first-order valence-corrected chi connectivity index (χ1v) is 3.92. The number of β-amino-alcohol motifs (C(OH)–C–C–N with tert-alkyl or cyclic N) is 1. The van der Waals surface area contributed by atoms with Gasteiger partial charge in [-0.25, -0.2) is 8.78 Å². The van der Waals surface area contributed by atoms with Gasteiger partial charge in [0.25, 0.3) is 5.92 Å². The van der Waals surface area contributed by atoms with Crippen LogP contribution in [-0.4, -0.2) is 53.4 Å². The van der Waals surface area contributed by atoms with Gasteiger partial charge in [0.05, 0.1) is 12.6 Å². The van der Waals surface area contributed by atoms with Crippen LogP contribution in [0.1, 0.15) is 6.42 Å². The quantitative estimate of drug-likeness (QED) is 0.627. The highest BCUT2D eigenvalue weighted by Crippen LogP contribution is 2.17. The Kier molecular flexibility index (Phi) is 2.98. The van der Waals surface area contributed by atoms with Gasteiger partial charge in [-0.3, -0.25) is 4.90 Å². The lowest BCUT2D eigenvalue weighted by Crippen LogP contribution is -2.38. The summed E-state index contributed by atoms with van der Waals surface area (Å²) in [5, 5.41) is 17.3. The van der Waals surface area contributed by atoms with Crippen LogP contribution in [0.25, 0.3) is 0 Å². The summed E-state index contributed by atoms with van der Waals surface area (Å²) >= 11 is 0. The standard InChI is InChI=1S/C7H13F2NO2/c8-7(9,5-11)4-10-2-1-6(12)3-10/h6,11-12H,1-5H2. The molecule has 3 nitrogen and oxygen atoms in total. The topological polar surface area (TPSA) is 43.7 Å². The molecule has 0 amide bonds. The van der Waals surface area contributed by atoms with Crippen LogP contribution in [0.4, 0.5) is 8.78 Å². The van der Waals surface area contributed by atoms with Gasteiger partial charge in [0.2, 0.25) is 0 Å². The Bertz CT molecular complexity index is 154. The van der Waals surface area contributed by atoms with Gasteiger partial charge in [-0.1, -0.05) is 0 Å². The number of aliphatic hydroxyl groups excluding tert-OH is 2. The second kappa shape index (κ2) is 3.64. The predicted molar refractivity (Wildman–Crippen MR) is 39.1 cm³/mol. The Morgan fingerprint density at radius 3 is 2.58 bits per heavy atom. The zero-order chi connectivity index (χ0) is 9.19. The molecule has 1 atom stereocenters. The molecule has 1 saturated heterocycles. The van der Waals surface area contributed by atoms with Crippen LogP contribution in [0, 0.1) is 0 Å². The van der Waals surface area contributed by atoms with Crippen LogP contribution < -0.4 is 0 Å². The summed E-state index contributed by atoms with van der Waals surface area (Å²) in [7, 11) is 0. The van der Waals surface area contributed by atoms with E-state index >= 15 is 0 Å². The number of nitrogens with zero attached hydrogens (tertiary/aromatic N) is 1. The van der Waals surface area contributed by atoms with Crippen molar-refractivity contribution >= 4 is 0 Å². The Hall–Kier alpha value is -0.260. The Balaban J connectivity index is 2.32. The normalized spacial score (nSPS) is 26.5. The molecular weight excluding hydrogens is 168 g/mol. The van der Waals surface area contributed by atoms with Crippen LogP contribution in [-0.2, 0) is 0 Å². The third kappa shape index (κ3) is 2.66. The number of hydrogen-bond donors (Lipinski definition) is 2. The molecule has 12 heavy (non-hydrogen) atoms. The SMILES string of the molecule is OCC(F)(F)CN1CCC(O)C1. The highest BCUT2D eigenvalue weighted by molar-refractivity contribution is 4.79. The van der Waals surface area contributed by atoms with Crippen molar-refractivity contribution in [3.63, 3.8) is 0 Å². The van der Waals surface area contributed by atoms with Crippen molar-refractivity contribution in [1.29, 1.82) is 0 Å². The molecule has 1 fully saturated rings. The van der Waals surface area contributed by atoms with Gasteiger partial charge in [-0.2, -0.15) is 0 Å². The van der Waals surface area contributed by atoms with Crippen LogP contribution in [0.15, 0.2) is 0 Å². The number of likely N-dealkylation sites (tertiary alicyclic amines) is 1. The zero-order valence-electron chi connectivity index (χ0n) is 6.71. The molecule has 0 bridgehead atoms. The zero-order valence-corrected chi connectivity index (χ0v) is 6.71. The van der Waals surface area contributed by atoms with E-state index in [0.29, 0.717) is 13.0 Å². The van der Waals surface area contributed by atoms with Crippen molar-refractivity contribution in [1.82, 2.24) is 4.90 Å². The summed E-state index contributed by atoms with van der Waals surface area (Å²) in [6.45, 7) is -0.813. The van der Waals surface area contributed by atoms with Crippen LogP contribution in [0.5, 0.6) is 0 Å². The third-order valence-electron chi connectivity index (χ3n) is 1.93. The van der Waals surface area contributed by atoms with Gasteiger partial charge < -0.3 is 10.2 Å². The van der Waals surface area contributed by atoms with E-state index in [4.69, 9.17) is 10.2 Å². The summed E-state index contributed by atoms with van der Waals surface area (Å²) in [5.41, 5.74) is 0. The number of aliphatic hydroxyl groups is 2. The summed E-state index contributed by atoms with van der Waals surface area (Å²) in [6.07, 6.45) is 0.0566. The lowest BCUT2D eigenvalue weighted by molar-refractivity contribution is -0.0703. The molecule has 1 aliphatic rings. The van der Waals surface area contributed by atoms with Crippen LogP contribution >= 0.6 is 0 Å². The second-order valence-electron chi connectivity index (χ2n) is 3.19. The molecule has 1 heterocycles. The summed E-state index contributed by atoms with van der Waals surface area (Å²) in [4.78, 5) is 1.46. The average Bonchev–Trinajstić information content (AvgIpc) is 2.35. The molecule has 1 unspecified atom stereocenters. The lowest BCUT2D eigenvalue weighted by atomic mass is 10.3. The van der Waals surface area contributed by atoms with Gasteiger partial charge in [-0.15, -0.1) is 0 Å². The number of hydrogen-bond acceptors (Lipinski definition) is 3. The monoisotopic (exact) mass is 181 g/mol. The Morgan fingerprint density at radius 2 is 2.17 bits per heavy atom. The molecule has 0 aromatic rings. The third-order valence-corrected chi connectivity index (χ3v) is 1.93. The maximum absolute atomic E-state index is 12.6. The van der Waals surface area contributed by atoms with Gasteiger partial charge >= 0.3 is 0 Å². The Morgan fingerprint density at radius 1 is 1.50 bits per heavy atom. The lowest BCUT2D eigenvalue weighted by Gasteiger charge is -2.20. The van der Waals surface area contributed by atoms with E-state index in [0.717, 1.165) is 0 Å². The molecule has 2 N–H and O–H groups in total. The average molecular weight is 181 g/mol. The van der Waals surface area contributed by atoms with E-state index in [1.54, 1.807) is 0 Å². The smallest absolute Gasteiger partial charge is 0.283 e. The molecule has 1 rings (SSSR count). The minimum absolute atomic E-state index is 0.287. The molecular formula is C7H13F2NO2. The van der Waals surface area contributed by atoms with Crippen molar-refractivity contribution < 1.29 is 19.0 Å². The fourth-order valence-electron chi connectivity index (χ4n) is 1.33. The first-order chi connectivity index (χ1) is 5.53. The number of alkyl halides is 2. The molecule has 0 saturated carbocycles. The van der Waals surface area contributed by atoms with Gasteiger partial charge in [-0.05, 0) is 6.42 Å². The summed E-state index contributed by atoms with van der Waals surface area (Å²) in [5.74, 6) is -3.04. The second-order valence-corrected chi connectivity index (χ2v) is 3.19. The van der Waals surface area contributed by atoms with E-state index in [9.17, 15) is 8.78 Å².